The van der Waals surface area contributed by atoms with Crippen molar-refractivity contribution in [2.24, 2.45) is 11.8 Å². The number of aromatic nitrogens is 4. The van der Waals surface area contributed by atoms with Crippen LogP contribution in [-0.2, 0) is 12.7 Å². The molecular weight excluding hydrogens is 1280 g/mol. The fourth-order valence-corrected chi connectivity index (χ4v) is 14.7. The molecule has 0 atom stereocenters. The van der Waals surface area contributed by atoms with Crippen LogP contribution in [0.5, 0.6) is 0 Å². The Kier molecular flexibility index (Phi) is 17.4. The number of nitrogens with zero attached hydrogens (tertiary/aromatic N) is 8. The molecule has 2 aliphatic rings. The van der Waals surface area contributed by atoms with Crippen molar-refractivity contribution in [3.05, 3.63) is 287 Å². The highest BCUT2D eigenvalue weighted by Gasteiger charge is 2.28. The number of benzene rings is 8. The molecule has 0 saturated heterocycles. The van der Waals surface area contributed by atoms with Gasteiger partial charge in [0.2, 0.25) is 11.4 Å². The summed E-state index contributed by atoms with van der Waals surface area (Å²) in [4.78, 5) is 32.6. The fourth-order valence-electron chi connectivity index (χ4n) is 14.7. The largest absolute Gasteiger partial charge is 0.466 e. The number of rotatable bonds is 10. The Hall–Kier alpha value is -12.5. The Bertz CT molecular complexity index is 6350. The first kappa shape index (κ1) is 60.3. The lowest BCUT2D eigenvalue weighted by atomic mass is 9.82. The van der Waals surface area contributed by atoms with Crippen LogP contribution in [0.25, 0.3) is 152 Å². The van der Waals surface area contributed by atoms with E-state index < -0.39 is 24.5 Å². The van der Waals surface area contributed by atoms with E-state index in [9.17, 15) is 0 Å². The Balaban J connectivity index is 0.000000117. The summed E-state index contributed by atoms with van der Waals surface area (Å²) in [6, 6.07) is 61.8. The van der Waals surface area contributed by atoms with Gasteiger partial charge in [0.25, 0.3) is 0 Å². The Labute approximate surface area is 613 Å². The topological polar surface area (TPSA) is 122 Å². The second-order valence-corrected chi connectivity index (χ2v) is 26.7. The Morgan fingerprint density at radius 3 is 1.13 bits per heavy atom. The lowest BCUT2D eigenvalue weighted by Crippen LogP contribution is -2.04. The highest BCUT2D eigenvalue weighted by atomic mass is 16.3. The summed E-state index contributed by atoms with van der Waals surface area (Å²) in [6.45, 7) is 37.9. The van der Waals surface area contributed by atoms with Crippen molar-refractivity contribution in [1.29, 1.82) is 0 Å². The summed E-state index contributed by atoms with van der Waals surface area (Å²) in [7, 11) is 0. The zero-order valence-electron chi connectivity index (χ0n) is 64.2. The van der Waals surface area contributed by atoms with Gasteiger partial charge in [-0.3, -0.25) is 19.9 Å². The summed E-state index contributed by atoms with van der Waals surface area (Å²) >= 11 is 0. The number of fused-ring (bicyclic) bond motifs is 12. The van der Waals surface area contributed by atoms with Gasteiger partial charge in [-0.1, -0.05) is 188 Å². The van der Waals surface area contributed by atoms with E-state index in [-0.39, 0.29) is 17.5 Å². The quantitative estimate of drug-likeness (QED) is 0.124. The Morgan fingerprint density at radius 1 is 0.356 bits per heavy atom. The third-order valence-corrected chi connectivity index (χ3v) is 19.3. The summed E-state index contributed by atoms with van der Waals surface area (Å²) in [5.41, 5.74) is 15.8. The molecule has 0 radical (unpaired) electrons. The molecule has 0 amide bonds. The summed E-state index contributed by atoms with van der Waals surface area (Å²) < 4.78 is 77.3. The molecule has 2 fully saturated rings. The van der Waals surface area contributed by atoms with E-state index in [4.69, 9.17) is 52.2 Å². The molecule has 8 aromatic heterocycles. The monoisotopic (exact) mass is 1360 g/mol. The van der Waals surface area contributed by atoms with Gasteiger partial charge in [0.1, 0.15) is 44.7 Å². The fraction of sp³-hybridized carbons (Fsp3) is 0.217. The average Bonchev–Trinajstić information content (AvgIpc) is 1.60. The van der Waals surface area contributed by atoms with Crippen LogP contribution < -0.4 is 0 Å². The van der Waals surface area contributed by atoms with Gasteiger partial charge >= 0.3 is 0 Å². The van der Waals surface area contributed by atoms with E-state index in [2.05, 4.69) is 39.3 Å². The molecule has 0 spiro atoms. The molecule has 2 aliphatic carbocycles. The second kappa shape index (κ2) is 30.0. The molecule has 12 nitrogen and oxygen atoms in total. The Morgan fingerprint density at radius 2 is 0.721 bits per heavy atom. The maximum Gasteiger partial charge on any atom is 0.232 e. The number of furan rings is 4. The zero-order chi connectivity index (χ0) is 76.6. The smallest absolute Gasteiger partial charge is 0.232 e. The van der Waals surface area contributed by atoms with Crippen LogP contribution in [-0.4, -0.2) is 19.9 Å². The number of pyridine rings is 4. The summed E-state index contributed by atoms with van der Waals surface area (Å²) in [5.74, 6) is -2.00. The number of para-hydroxylation sites is 4. The van der Waals surface area contributed by atoms with Gasteiger partial charge in [-0.15, -0.1) is 0 Å². The van der Waals surface area contributed by atoms with Crippen LogP contribution in [0.2, 0.25) is 0 Å². The van der Waals surface area contributed by atoms with E-state index in [1.807, 2.05) is 210 Å². The molecule has 18 rings (SSSR count). The van der Waals surface area contributed by atoms with Crippen molar-refractivity contribution in [2.75, 3.05) is 0 Å². The van der Waals surface area contributed by atoms with Gasteiger partial charge in [0.05, 0.1) is 49.1 Å². The lowest BCUT2D eigenvalue weighted by molar-refractivity contribution is 0.443. The SMILES string of the molecule is [2H]C([2H])(c1c([N+]#[C-])ccc2c1oc1c(-c3ccccn3)cccc12)C(C)C.[2H]C([2H])(c1ccc2c(oc3c(-c4ccccn4)cccc32)c1[N+]#[C-])C(C)C.[2H]C1(c2c([N+]#[C-])ccc3c2oc2c(-c4ccccn4)cccc23)CCCCC1.[2H]C1(c2ccc3c(oc4c(-c5ccccn5)cccc43)c2[N+]#[C-])CCCCC1. The highest BCUT2D eigenvalue weighted by molar-refractivity contribution is 6.15. The predicted molar refractivity (Wildman–Crippen MR) is 422 cm³/mol. The van der Waals surface area contributed by atoms with E-state index in [1.54, 1.807) is 36.9 Å². The third kappa shape index (κ3) is 13.1. The van der Waals surface area contributed by atoms with E-state index in [0.717, 1.165) is 168 Å². The van der Waals surface area contributed by atoms with E-state index >= 15 is 0 Å². The minimum absolute atomic E-state index is 0.245. The minimum atomic E-state index is -1.68. The molecule has 0 aliphatic heterocycles. The molecule has 12 heteroatoms. The van der Waals surface area contributed by atoms with Gasteiger partial charge in [-0.25, -0.2) is 19.4 Å². The van der Waals surface area contributed by atoms with Crippen molar-refractivity contribution in [3.63, 3.8) is 0 Å². The second-order valence-electron chi connectivity index (χ2n) is 26.7. The van der Waals surface area contributed by atoms with Gasteiger partial charge in [0, 0.05) is 109 Å². The first-order valence-electron chi connectivity index (χ1n) is 38.4. The van der Waals surface area contributed by atoms with Crippen LogP contribution in [0.1, 0.15) is 134 Å². The van der Waals surface area contributed by atoms with E-state index in [1.165, 1.54) is 6.42 Å². The average molecular weight is 1360 g/mol. The molecule has 8 aromatic carbocycles. The number of hydrogen-bond donors (Lipinski definition) is 0. The molecule has 8 heterocycles. The molecule has 508 valence electrons. The normalized spacial score (nSPS) is 15.1. The van der Waals surface area contributed by atoms with Crippen LogP contribution in [0, 0.1) is 38.1 Å². The van der Waals surface area contributed by atoms with Gasteiger partial charge in [-0.2, -0.15) is 0 Å². The number of hydrogen-bond acceptors (Lipinski definition) is 8. The first-order valence-corrected chi connectivity index (χ1v) is 35.4. The lowest BCUT2D eigenvalue weighted by Gasteiger charge is -2.23. The standard InChI is InChI=1S/2C24H20N2O.2C22H18N2O/c1-25-22-17(16-8-3-2-4-9-16)13-14-19-18-10-7-11-20(23(18)27-24(19)22)21-12-5-6-15-26-21;1-25-21-14-13-18-17-10-7-11-19(20-12-5-6-15-26-20)23(17)27-24(18)22(21)16-8-3-2-4-9-16;1-14(2)13-15-10-11-17-16-7-6-8-18(19-9-4-5-12-24-19)21(16)25-22(17)20(15)23-3;1-14(2)13-18-19(23-3)11-10-16-15-7-6-8-17(21(15)25-22(16)18)20-9-4-5-12-24-20/h2*5-7,10-16H,2-4,8-9H2;2*4-12,14H,13H2,1-2H3/i2*16D;2*13D2. The molecule has 0 unspecified atom stereocenters. The third-order valence-electron chi connectivity index (χ3n) is 19.3. The zero-order valence-corrected chi connectivity index (χ0v) is 58.2. The van der Waals surface area contributed by atoms with E-state index in [0.29, 0.717) is 61.7 Å². The van der Waals surface area contributed by atoms with Crippen LogP contribution >= 0.6 is 0 Å². The maximum atomic E-state index is 9.16. The van der Waals surface area contributed by atoms with Crippen LogP contribution in [0.4, 0.5) is 22.7 Å². The van der Waals surface area contributed by atoms with Gasteiger partial charge < -0.3 is 17.7 Å². The predicted octanol–water partition coefficient (Wildman–Crippen LogP) is 27.3. The summed E-state index contributed by atoms with van der Waals surface area (Å²) in [5, 5.41) is 7.33. The highest BCUT2D eigenvalue weighted by Crippen LogP contribution is 2.49. The van der Waals surface area contributed by atoms with Crippen molar-refractivity contribution in [3.8, 4) is 45.0 Å². The molecule has 16 aromatic rings. The molecule has 104 heavy (non-hydrogen) atoms. The van der Waals surface area contributed by atoms with Crippen molar-refractivity contribution < 1.29 is 25.9 Å². The van der Waals surface area contributed by atoms with Crippen molar-refractivity contribution in [1.82, 2.24) is 19.9 Å². The van der Waals surface area contributed by atoms with Crippen molar-refractivity contribution >= 4 is 111 Å². The molecule has 0 bridgehead atoms. The summed E-state index contributed by atoms with van der Waals surface area (Å²) in [6.07, 6.45) is 13.4. The maximum absolute atomic E-state index is 9.16. The molecule has 0 N–H and O–H groups in total. The van der Waals surface area contributed by atoms with Crippen molar-refractivity contribution in [2.45, 2.75) is 116 Å². The van der Waals surface area contributed by atoms with Gasteiger partial charge in [-0.05, 0) is 146 Å². The molecule has 2 saturated carbocycles. The first-order chi connectivity index (χ1) is 53.3. The van der Waals surface area contributed by atoms with Gasteiger partial charge in [0.15, 0.2) is 11.4 Å². The molecular formula is C92H76N8O4. The van der Waals surface area contributed by atoms with Crippen LogP contribution in [0.3, 0.4) is 0 Å². The van der Waals surface area contributed by atoms with Crippen LogP contribution in [0.15, 0.2) is 237 Å². The minimum Gasteiger partial charge on any atom is -0.466 e.